The molecule has 0 radical (unpaired) electrons. The lowest BCUT2D eigenvalue weighted by atomic mass is 9.87. The van der Waals surface area contributed by atoms with E-state index in [0.717, 1.165) is 23.5 Å². The van der Waals surface area contributed by atoms with E-state index in [0.29, 0.717) is 139 Å². The average molecular weight is 1430 g/mol. The molecule has 0 spiro atoms. The van der Waals surface area contributed by atoms with Crippen molar-refractivity contribution in [2.45, 2.75) is 102 Å². The fourth-order valence-corrected chi connectivity index (χ4v) is 14.8. The van der Waals surface area contributed by atoms with E-state index in [-0.39, 0.29) is 47.4 Å². The van der Waals surface area contributed by atoms with Crippen molar-refractivity contribution in [3.05, 3.63) is 237 Å². The third-order valence-corrected chi connectivity index (χ3v) is 20.5. The number of ether oxygens (including phenoxy) is 4. The van der Waals surface area contributed by atoms with Crippen LogP contribution in [0, 0.1) is 45.5 Å². The molecule has 0 saturated carbocycles. The minimum Gasteiger partial charge on any atom is -0.627 e. The Kier molecular flexibility index (Phi) is 21.4. The lowest BCUT2D eigenvalue weighted by molar-refractivity contribution is -0.0209. The van der Waals surface area contributed by atoms with Crippen LogP contribution in [0.25, 0.3) is 11.4 Å². The molecular formula is C74H84F4N16O10. The highest BCUT2D eigenvalue weighted by Gasteiger charge is 2.46. The number of benzene rings is 6. The molecule has 30 heteroatoms. The molecule has 10 aromatic rings. The Balaban J connectivity index is 0.000000185. The second-order valence-corrected chi connectivity index (χ2v) is 27.4. The molecule has 6 aromatic carbocycles. The van der Waals surface area contributed by atoms with E-state index in [4.69, 9.17) is 18.9 Å². The molecule has 26 nitrogen and oxygen atoms in total. The summed E-state index contributed by atoms with van der Waals surface area (Å²) in [7, 11) is 0. The zero-order valence-electron chi connectivity index (χ0n) is 58.2. The van der Waals surface area contributed by atoms with Gasteiger partial charge in [-0.2, -0.15) is 20.4 Å². The molecule has 8 atom stereocenters. The number of rotatable bonds is 24. The quantitative estimate of drug-likeness (QED) is 0.0324. The van der Waals surface area contributed by atoms with E-state index in [1.54, 1.807) is 78.1 Å². The molecule has 104 heavy (non-hydrogen) atoms. The van der Waals surface area contributed by atoms with Crippen LogP contribution in [-0.4, -0.2) is 159 Å². The van der Waals surface area contributed by atoms with Crippen molar-refractivity contribution in [1.82, 2.24) is 67.5 Å². The zero-order valence-corrected chi connectivity index (χ0v) is 58.2. The number of aliphatic hydroxyl groups is 2. The summed E-state index contributed by atoms with van der Waals surface area (Å²) in [6, 6.07) is 35.8. The molecule has 0 amide bonds. The van der Waals surface area contributed by atoms with Gasteiger partial charge in [0.2, 0.25) is 0 Å². The van der Waals surface area contributed by atoms with Crippen molar-refractivity contribution in [1.29, 1.82) is 0 Å². The average Bonchev–Trinajstić information content (AvgIpc) is 1.59. The largest absolute Gasteiger partial charge is 0.627 e. The van der Waals surface area contributed by atoms with Gasteiger partial charge in [0.1, 0.15) is 121 Å². The molecule has 4 aliphatic rings. The van der Waals surface area contributed by atoms with Gasteiger partial charge < -0.3 is 58.7 Å². The molecule has 14 rings (SSSR count). The van der Waals surface area contributed by atoms with Gasteiger partial charge in [-0.1, -0.05) is 26.0 Å². The predicted octanol–water partition coefficient (Wildman–Crippen LogP) is 9.14. The normalized spacial score (nSPS) is 21.3. The second-order valence-electron chi connectivity index (χ2n) is 27.4. The van der Waals surface area contributed by atoms with Gasteiger partial charge in [-0.3, -0.25) is 0 Å². The minimum absolute atomic E-state index is 0.0473. The maximum atomic E-state index is 15.0. The number of quaternary nitrogens is 2. The summed E-state index contributed by atoms with van der Waals surface area (Å²) in [5.74, 6) is -1.49. The van der Waals surface area contributed by atoms with E-state index in [9.17, 15) is 47.8 Å². The van der Waals surface area contributed by atoms with Crippen LogP contribution in [0.5, 0.6) is 11.5 Å². The molecule has 4 aliphatic heterocycles. The number of aromatic nitrogens is 12. The molecule has 4 saturated heterocycles. The number of piperazine rings is 2. The van der Waals surface area contributed by atoms with Crippen molar-refractivity contribution >= 4 is 22.7 Å². The van der Waals surface area contributed by atoms with E-state index in [1.165, 1.54) is 74.4 Å². The lowest BCUT2D eigenvalue weighted by Gasteiger charge is -2.48. The Morgan fingerprint density at radius 1 is 0.519 bits per heavy atom. The highest BCUT2D eigenvalue weighted by atomic mass is 19.1. The topological polar surface area (TPSA) is 271 Å². The Bertz CT molecular complexity index is 4600. The highest BCUT2D eigenvalue weighted by Crippen LogP contribution is 2.44. The number of hydrogen-bond donors (Lipinski definition) is 2. The van der Waals surface area contributed by atoms with Crippen LogP contribution >= 0.6 is 0 Å². The van der Waals surface area contributed by atoms with Gasteiger partial charge >= 0.3 is 11.4 Å². The van der Waals surface area contributed by atoms with E-state index in [1.807, 2.05) is 62.4 Å². The molecule has 2 N–H and O–H groups in total. The lowest BCUT2D eigenvalue weighted by Crippen LogP contribution is -2.57. The standard InChI is InChI=1S/2C37H42F2N8O5/c1-3-35(26(2)48)46-36(49)45(25-42-46)30-5-9-31(10-6-30)47(50)16-14-43(15-17-47)29-7-11-32(12-8-29)51-20-27-19-37(52-21-27,22-44-24-40-23-41-44)33-13-4-28(38)18-34(33)39;1-3-35(26(2)48)46-36(49)45(25-42-46)30-7-5-29(6-8-30)43-14-16-47(50,17-15-43)31-9-11-32(12-10-31)51-20-27-19-37(52-21-27,22-44-24-40-23-41-44)33-13-4-28(38)18-34(33)39/h2*4-13,18,23-27,35,48H,3,14-17,19-22H2,1-2H3/t2*26-,27+,35-,37-/m00/s1. The number of anilines is 2. The molecule has 4 fully saturated rings. The van der Waals surface area contributed by atoms with Crippen LogP contribution in [0.15, 0.2) is 181 Å². The molecule has 548 valence electrons. The van der Waals surface area contributed by atoms with Gasteiger partial charge in [0.25, 0.3) is 0 Å². The van der Waals surface area contributed by atoms with Gasteiger partial charge in [0.05, 0.1) is 101 Å². The van der Waals surface area contributed by atoms with Crippen molar-refractivity contribution in [2.75, 3.05) is 88.6 Å². The Labute approximate surface area is 597 Å². The predicted molar refractivity (Wildman–Crippen MR) is 380 cm³/mol. The molecule has 4 aromatic heterocycles. The summed E-state index contributed by atoms with van der Waals surface area (Å²) < 4.78 is 89.8. The van der Waals surface area contributed by atoms with E-state index >= 15 is 0 Å². The molecule has 0 unspecified atom stereocenters. The maximum Gasteiger partial charge on any atom is 0.350 e. The first kappa shape index (κ1) is 72.4. The number of nitrogens with zero attached hydrogens (tertiary/aromatic N) is 16. The number of halogens is 4. The first-order chi connectivity index (χ1) is 50.1. The summed E-state index contributed by atoms with van der Waals surface area (Å²) in [5, 5.41) is 64.6. The van der Waals surface area contributed by atoms with Crippen molar-refractivity contribution < 1.29 is 46.7 Å². The van der Waals surface area contributed by atoms with Crippen LogP contribution in [0.2, 0.25) is 0 Å². The van der Waals surface area contributed by atoms with Gasteiger partial charge in [-0.05, 0) is 124 Å². The molecule has 8 heterocycles. The number of hydroxylamine groups is 4. The monoisotopic (exact) mass is 1430 g/mol. The third-order valence-electron chi connectivity index (χ3n) is 20.5. The van der Waals surface area contributed by atoms with Gasteiger partial charge in [0, 0.05) is 70.7 Å². The second kappa shape index (κ2) is 30.8. The SMILES string of the molecule is CC[C@@H]([C@H](C)O)n1ncn(-c2ccc(N3CC[N+]([O-])(c4ccc(OC[C@@H]5CO[C@@](Cn6cncn6)(c6ccc(F)cc6F)C5)cc4)CC3)cc2)c1=O.CC[C@@H]([C@H](C)O)n1ncn(-c2ccc([N+]3([O-])CCN(c4ccc(OC[C@@H]5CO[C@@](Cn6cncn6)(c6ccc(F)cc6F)C5)cc4)CC3)cc2)c1=O. The van der Waals surface area contributed by atoms with Crippen molar-refractivity contribution in [3.63, 3.8) is 0 Å². The number of aliphatic hydroxyl groups excluding tert-OH is 2. The Hall–Kier alpha value is -9.92. The third kappa shape index (κ3) is 15.5. The number of hydrogen-bond acceptors (Lipinski definition) is 18. The Morgan fingerprint density at radius 3 is 1.25 bits per heavy atom. The smallest absolute Gasteiger partial charge is 0.350 e. The highest BCUT2D eigenvalue weighted by molar-refractivity contribution is 5.55. The van der Waals surface area contributed by atoms with Crippen LogP contribution in [0.3, 0.4) is 0 Å². The van der Waals surface area contributed by atoms with Crippen LogP contribution in [-0.2, 0) is 33.8 Å². The van der Waals surface area contributed by atoms with Crippen LogP contribution in [0.4, 0.5) is 40.3 Å². The van der Waals surface area contributed by atoms with Crippen LogP contribution in [0.1, 0.15) is 76.6 Å². The fraction of sp³-hybridized carbons (Fsp3) is 0.405. The van der Waals surface area contributed by atoms with Gasteiger partial charge in [-0.15, -0.1) is 0 Å². The van der Waals surface area contributed by atoms with Crippen molar-refractivity contribution in [2.24, 2.45) is 11.8 Å². The first-order valence-corrected chi connectivity index (χ1v) is 35.0. The van der Waals surface area contributed by atoms with Gasteiger partial charge in [0.15, 0.2) is 0 Å². The summed E-state index contributed by atoms with van der Waals surface area (Å²) in [5.41, 5.74) is 2.24. The first-order valence-electron chi connectivity index (χ1n) is 35.0. The maximum absolute atomic E-state index is 15.0. The zero-order chi connectivity index (χ0) is 72.9. The van der Waals surface area contributed by atoms with Crippen molar-refractivity contribution in [3.8, 4) is 22.9 Å². The molecular weight excluding hydrogens is 1350 g/mol. The van der Waals surface area contributed by atoms with Gasteiger partial charge in [-0.25, -0.2) is 65.0 Å². The molecule has 0 bridgehead atoms. The molecule has 0 aliphatic carbocycles. The summed E-state index contributed by atoms with van der Waals surface area (Å²) >= 11 is 0. The summed E-state index contributed by atoms with van der Waals surface area (Å²) in [6.07, 6.45) is 9.38. The fourth-order valence-electron chi connectivity index (χ4n) is 14.8. The van der Waals surface area contributed by atoms with Crippen LogP contribution < -0.4 is 39.9 Å². The Morgan fingerprint density at radius 2 is 0.885 bits per heavy atom. The van der Waals surface area contributed by atoms with E-state index in [2.05, 4.69) is 40.2 Å². The van der Waals surface area contributed by atoms with E-state index < -0.39 is 68.1 Å². The minimum atomic E-state index is -1.06. The summed E-state index contributed by atoms with van der Waals surface area (Å²) in [6.45, 7) is 12.5. The summed E-state index contributed by atoms with van der Waals surface area (Å²) in [4.78, 5) is 38.3.